The molecular weight excluding hydrogens is 448 g/mol. The summed E-state index contributed by atoms with van der Waals surface area (Å²) in [6.07, 6.45) is -1.20. The van der Waals surface area contributed by atoms with Gasteiger partial charge in [-0.25, -0.2) is 17.5 Å². The molecule has 1 aromatic rings. The third kappa shape index (κ3) is 6.01. The Hall–Kier alpha value is -2.68. The van der Waals surface area contributed by atoms with Gasteiger partial charge in [-0.05, 0) is 38.0 Å². The number of nitrogens with one attached hydrogen (secondary N) is 1. The molecule has 1 aliphatic heterocycles. The number of hydrogen-bond donors (Lipinski definition) is 1. The fourth-order valence-corrected chi connectivity index (χ4v) is 3.99. The lowest BCUT2D eigenvalue weighted by molar-refractivity contribution is -0.130. The molecule has 33 heavy (non-hydrogen) atoms. The molecule has 0 bridgehead atoms. The number of amides is 1. The van der Waals surface area contributed by atoms with Crippen LogP contribution in [0, 0.1) is 17.2 Å². The number of benzene rings is 1. The standard InChI is InChI=1S/C22H32N4O6S/c1-15(2)22(4,14-23)24-20(27)16(3)32-21(28)18-13-17(33(29,30)25(5)6)7-8-19(18)26-9-11-31-12-10-26/h7-8,13,15-16H,9-12H2,1-6H3,(H,24,27)/t16-,22-/m1/s1. The Morgan fingerprint density at radius 1 is 1.24 bits per heavy atom. The van der Waals surface area contributed by atoms with Gasteiger partial charge in [0, 0.05) is 27.2 Å². The Labute approximate surface area is 195 Å². The van der Waals surface area contributed by atoms with Gasteiger partial charge in [0.15, 0.2) is 6.10 Å². The van der Waals surface area contributed by atoms with Crippen LogP contribution in [0.5, 0.6) is 0 Å². The number of rotatable bonds is 8. The molecule has 1 aliphatic rings. The van der Waals surface area contributed by atoms with Crippen LogP contribution in [-0.2, 0) is 24.3 Å². The van der Waals surface area contributed by atoms with E-state index in [0.29, 0.717) is 32.0 Å². The Balaban J connectivity index is 2.36. The fraction of sp³-hybridized carbons (Fsp3) is 0.591. The molecular formula is C22H32N4O6S. The third-order valence-electron chi connectivity index (χ3n) is 5.74. The molecule has 1 saturated heterocycles. The van der Waals surface area contributed by atoms with Crippen LogP contribution in [0.2, 0.25) is 0 Å². The van der Waals surface area contributed by atoms with Gasteiger partial charge in [0.05, 0.1) is 35.4 Å². The molecule has 0 aliphatic carbocycles. The van der Waals surface area contributed by atoms with E-state index in [1.165, 1.54) is 33.2 Å². The molecule has 2 atom stereocenters. The lowest BCUT2D eigenvalue weighted by Gasteiger charge is -2.31. The molecule has 10 nitrogen and oxygen atoms in total. The Kier molecular flexibility index (Phi) is 8.46. The zero-order chi connectivity index (χ0) is 25.0. The average molecular weight is 481 g/mol. The second kappa shape index (κ2) is 10.5. The van der Waals surface area contributed by atoms with E-state index < -0.39 is 33.5 Å². The van der Waals surface area contributed by atoms with Gasteiger partial charge in [-0.3, -0.25) is 4.79 Å². The van der Waals surface area contributed by atoms with E-state index in [1.807, 2.05) is 4.90 Å². The van der Waals surface area contributed by atoms with Crippen molar-refractivity contribution in [2.24, 2.45) is 5.92 Å². The zero-order valence-corrected chi connectivity index (χ0v) is 20.7. The van der Waals surface area contributed by atoms with Crippen molar-refractivity contribution in [2.45, 2.75) is 44.2 Å². The van der Waals surface area contributed by atoms with Crippen LogP contribution in [0.3, 0.4) is 0 Å². The normalized spacial score (nSPS) is 17.2. The molecule has 11 heteroatoms. The Morgan fingerprint density at radius 3 is 2.36 bits per heavy atom. The molecule has 1 aromatic carbocycles. The summed E-state index contributed by atoms with van der Waals surface area (Å²) >= 11 is 0. The van der Waals surface area contributed by atoms with Gasteiger partial charge in [-0.1, -0.05) is 13.8 Å². The van der Waals surface area contributed by atoms with Crippen LogP contribution in [0.4, 0.5) is 5.69 Å². The minimum Gasteiger partial charge on any atom is -0.449 e. The highest BCUT2D eigenvalue weighted by Gasteiger charge is 2.33. The van der Waals surface area contributed by atoms with Gasteiger partial charge in [0.25, 0.3) is 5.91 Å². The predicted molar refractivity (Wildman–Crippen MR) is 122 cm³/mol. The summed E-state index contributed by atoms with van der Waals surface area (Å²) in [5.41, 5.74) is -0.597. The summed E-state index contributed by atoms with van der Waals surface area (Å²) in [7, 11) is -0.996. The largest absolute Gasteiger partial charge is 0.449 e. The smallest absolute Gasteiger partial charge is 0.341 e. The van der Waals surface area contributed by atoms with Gasteiger partial charge >= 0.3 is 5.97 Å². The molecule has 0 saturated carbocycles. The summed E-state index contributed by atoms with van der Waals surface area (Å²) in [4.78, 5) is 27.6. The molecule has 2 rings (SSSR count). The average Bonchev–Trinajstić information content (AvgIpc) is 2.78. The number of carbonyl (C=O) groups is 2. The summed E-state index contributed by atoms with van der Waals surface area (Å²) in [6, 6.07) is 6.34. The van der Waals surface area contributed by atoms with Crippen molar-refractivity contribution in [3.8, 4) is 6.07 Å². The molecule has 1 heterocycles. The number of esters is 1. The van der Waals surface area contributed by atoms with Crippen LogP contribution < -0.4 is 10.2 Å². The van der Waals surface area contributed by atoms with Crippen LogP contribution >= 0.6 is 0 Å². The number of ether oxygens (including phenoxy) is 2. The Bertz CT molecular complexity index is 1030. The maximum atomic E-state index is 13.1. The van der Waals surface area contributed by atoms with E-state index in [0.717, 1.165) is 4.31 Å². The zero-order valence-electron chi connectivity index (χ0n) is 19.9. The predicted octanol–water partition coefficient (Wildman–Crippen LogP) is 1.37. The summed E-state index contributed by atoms with van der Waals surface area (Å²) < 4.78 is 37.1. The number of nitrogens with zero attached hydrogens (tertiary/aromatic N) is 3. The Morgan fingerprint density at radius 2 is 1.85 bits per heavy atom. The van der Waals surface area contributed by atoms with Gasteiger partial charge in [0.1, 0.15) is 5.54 Å². The van der Waals surface area contributed by atoms with Crippen molar-refractivity contribution in [3.63, 3.8) is 0 Å². The molecule has 1 amide bonds. The van der Waals surface area contributed by atoms with E-state index in [-0.39, 0.29) is 16.4 Å². The van der Waals surface area contributed by atoms with Gasteiger partial charge < -0.3 is 19.7 Å². The highest BCUT2D eigenvalue weighted by Crippen LogP contribution is 2.27. The van der Waals surface area contributed by atoms with Crippen LogP contribution in [0.15, 0.2) is 23.1 Å². The first-order valence-corrected chi connectivity index (χ1v) is 12.1. The van der Waals surface area contributed by atoms with Crippen molar-refractivity contribution in [2.75, 3.05) is 45.3 Å². The quantitative estimate of drug-likeness (QED) is 0.553. The number of anilines is 1. The van der Waals surface area contributed by atoms with Crippen molar-refractivity contribution in [3.05, 3.63) is 23.8 Å². The molecule has 0 aromatic heterocycles. The van der Waals surface area contributed by atoms with Crippen molar-refractivity contribution in [1.29, 1.82) is 5.26 Å². The molecule has 0 unspecified atom stereocenters. The first kappa shape index (κ1) is 26.6. The molecule has 182 valence electrons. The van der Waals surface area contributed by atoms with Crippen molar-refractivity contribution in [1.82, 2.24) is 9.62 Å². The molecule has 1 fully saturated rings. The SMILES string of the molecule is CC(C)[C@@](C)(C#N)NC(=O)[C@@H](C)OC(=O)c1cc(S(=O)(=O)N(C)C)ccc1N1CCOCC1. The number of nitriles is 1. The van der Waals surface area contributed by atoms with E-state index in [4.69, 9.17) is 9.47 Å². The van der Waals surface area contributed by atoms with Gasteiger partial charge in [-0.15, -0.1) is 0 Å². The lowest BCUT2D eigenvalue weighted by Crippen LogP contribution is -2.52. The fourth-order valence-electron chi connectivity index (χ4n) is 3.07. The first-order valence-electron chi connectivity index (χ1n) is 10.7. The first-order chi connectivity index (χ1) is 15.3. The highest BCUT2D eigenvalue weighted by atomic mass is 32.2. The van der Waals surface area contributed by atoms with Crippen molar-refractivity contribution >= 4 is 27.6 Å². The third-order valence-corrected chi connectivity index (χ3v) is 7.55. The minimum absolute atomic E-state index is 0.0337. The van der Waals surface area contributed by atoms with E-state index in [2.05, 4.69) is 11.4 Å². The summed E-state index contributed by atoms with van der Waals surface area (Å²) in [5, 5.41) is 12.1. The van der Waals surface area contributed by atoms with E-state index in [9.17, 15) is 23.3 Å². The second-order valence-corrected chi connectivity index (χ2v) is 10.7. The number of sulfonamides is 1. The van der Waals surface area contributed by atoms with Crippen LogP contribution in [0.1, 0.15) is 38.1 Å². The maximum absolute atomic E-state index is 13.1. The summed E-state index contributed by atoms with van der Waals surface area (Å²) in [6.45, 7) is 8.56. The van der Waals surface area contributed by atoms with E-state index >= 15 is 0 Å². The van der Waals surface area contributed by atoms with Crippen LogP contribution in [-0.4, -0.2) is 76.6 Å². The molecule has 1 N–H and O–H groups in total. The molecule has 0 spiro atoms. The maximum Gasteiger partial charge on any atom is 0.341 e. The van der Waals surface area contributed by atoms with Gasteiger partial charge in [-0.2, -0.15) is 5.26 Å². The highest BCUT2D eigenvalue weighted by molar-refractivity contribution is 7.89. The van der Waals surface area contributed by atoms with E-state index in [1.54, 1.807) is 26.8 Å². The topological polar surface area (TPSA) is 129 Å². The summed E-state index contributed by atoms with van der Waals surface area (Å²) in [5.74, 6) is -1.63. The number of morpholine rings is 1. The van der Waals surface area contributed by atoms with Crippen molar-refractivity contribution < 1.29 is 27.5 Å². The number of hydrogen-bond acceptors (Lipinski definition) is 8. The van der Waals surface area contributed by atoms with Gasteiger partial charge in [0.2, 0.25) is 10.0 Å². The minimum atomic E-state index is -3.80. The molecule has 0 radical (unpaired) electrons. The lowest BCUT2D eigenvalue weighted by atomic mass is 9.90. The number of carbonyl (C=O) groups excluding carboxylic acids is 2. The second-order valence-electron chi connectivity index (χ2n) is 8.57. The van der Waals surface area contributed by atoms with Crippen LogP contribution in [0.25, 0.3) is 0 Å². The monoisotopic (exact) mass is 480 g/mol.